The maximum atomic E-state index is 13.1. The first-order valence-corrected chi connectivity index (χ1v) is 12.6. The fraction of sp³-hybridized carbons (Fsp3) is 0.320. The summed E-state index contributed by atoms with van der Waals surface area (Å²) < 4.78 is 27.4. The molecule has 1 amide bonds. The topological polar surface area (TPSA) is 69.7 Å². The average molecular weight is 450 g/mol. The summed E-state index contributed by atoms with van der Waals surface area (Å²) in [5.41, 5.74) is 2.85. The van der Waals surface area contributed by atoms with E-state index in [1.807, 2.05) is 36.4 Å². The van der Waals surface area contributed by atoms with Crippen LogP contribution in [0.5, 0.6) is 0 Å². The Labute approximate surface area is 188 Å². The van der Waals surface area contributed by atoms with Gasteiger partial charge in [-0.05, 0) is 54.6 Å². The van der Waals surface area contributed by atoms with Crippen molar-refractivity contribution in [1.29, 1.82) is 0 Å². The number of hydrogen-bond acceptors (Lipinski definition) is 4. The van der Waals surface area contributed by atoms with E-state index in [1.165, 1.54) is 29.1 Å². The Hall–Kier alpha value is -2.90. The molecule has 0 saturated carbocycles. The molecular weight excluding hydrogens is 422 g/mol. The van der Waals surface area contributed by atoms with Gasteiger partial charge in [-0.1, -0.05) is 55.0 Å². The number of rotatable bonds is 6. The van der Waals surface area contributed by atoms with Crippen LogP contribution in [0.2, 0.25) is 0 Å². The molecule has 0 atom stereocenters. The van der Waals surface area contributed by atoms with Crippen LogP contribution in [0, 0.1) is 0 Å². The monoisotopic (exact) mass is 449 g/mol. The zero-order valence-electron chi connectivity index (χ0n) is 18.0. The van der Waals surface area contributed by atoms with Crippen molar-refractivity contribution in [2.45, 2.75) is 37.2 Å². The molecule has 2 aliphatic heterocycles. The molecule has 1 fully saturated rings. The minimum atomic E-state index is -3.74. The lowest BCUT2D eigenvalue weighted by Crippen LogP contribution is -2.39. The third kappa shape index (κ3) is 3.87. The average Bonchev–Trinajstić information content (AvgIpc) is 3.02. The predicted molar refractivity (Wildman–Crippen MR) is 126 cm³/mol. The molecule has 3 aromatic rings. The number of benzene rings is 3. The van der Waals surface area contributed by atoms with Crippen LogP contribution in [0.25, 0.3) is 10.8 Å². The van der Waals surface area contributed by atoms with Crippen LogP contribution >= 0.6 is 0 Å². The summed E-state index contributed by atoms with van der Waals surface area (Å²) in [6.45, 7) is 3.25. The Morgan fingerprint density at radius 2 is 1.59 bits per heavy atom. The second-order valence-corrected chi connectivity index (χ2v) is 10.4. The molecule has 32 heavy (non-hydrogen) atoms. The summed E-state index contributed by atoms with van der Waals surface area (Å²) >= 11 is 0. The van der Waals surface area contributed by atoms with Gasteiger partial charge in [0.1, 0.15) is 6.54 Å². The fourth-order valence-electron chi connectivity index (χ4n) is 4.75. The van der Waals surface area contributed by atoms with Gasteiger partial charge in [0.25, 0.3) is 10.0 Å². The lowest BCUT2D eigenvalue weighted by atomic mass is 10.0. The summed E-state index contributed by atoms with van der Waals surface area (Å²) in [6, 6.07) is 18.9. The molecular formula is C25H27N3O3S. The van der Waals surface area contributed by atoms with Gasteiger partial charge in [0.2, 0.25) is 5.91 Å². The van der Waals surface area contributed by atoms with Crippen molar-refractivity contribution in [1.82, 2.24) is 10.2 Å². The van der Waals surface area contributed by atoms with Crippen molar-refractivity contribution >= 4 is 32.4 Å². The van der Waals surface area contributed by atoms with Crippen molar-refractivity contribution in [3.63, 3.8) is 0 Å². The molecule has 6 nitrogen and oxygen atoms in total. The molecule has 2 aliphatic rings. The number of carbonyl (C=O) groups is 1. The van der Waals surface area contributed by atoms with Gasteiger partial charge < -0.3 is 5.32 Å². The van der Waals surface area contributed by atoms with Crippen LogP contribution in [-0.4, -0.2) is 38.9 Å². The molecule has 0 spiro atoms. The van der Waals surface area contributed by atoms with Gasteiger partial charge in [-0.15, -0.1) is 0 Å². The van der Waals surface area contributed by atoms with Gasteiger partial charge in [-0.2, -0.15) is 0 Å². The van der Waals surface area contributed by atoms with Crippen molar-refractivity contribution in [3.05, 3.63) is 71.8 Å². The highest BCUT2D eigenvalue weighted by atomic mass is 32.2. The van der Waals surface area contributed by atoms with E-state index in [4.69, 9.17) is 0 Å². The summed E-state index contributed by atoms with van der Waals surface area (Å²) in [5.74, 6) is -0.314. The number of anilines is 1. The van der Waals surface area contributed by atoms with Crippen molar-refractivity contribution in [2.24, 2.45) is 0 Å². The number of nitrogens with one attached hydrogen (secondary N) is 1. The summed E-state index contributed by atoms with van der Waals surface area (Å²) in [6.07, 6.45) is 3.77. The van der Waals surface area contributed by atoms with Crippen LogP contribution in [0.15, 0.2) is 65.6 Å². The predicted octanol–water partition coefficient (Wildman–Crippen LogP) is 3.65. The van der Waals surface area contributed by atoms with Crippen LogP contribution in [0.1, 0.15) is 30.4 Å². The summed E-state index contributed by atoms with van der Waals surface area (Å²) in [4.78, 5) is 15.5. The van der Waals surface area contributed by atoms with E-state index < -0.39 is 10.0 Å². The molecule has 0 aliphatic carbocycles. The second-order valence-electron chi connectivity index (χ2n) is 8.53. The van der Waals surface area contributed by atoms with Gasteiger partial charge in [0.15, 0.2) is 0 Å². The Bertz CT molecular complexity index is 1260. The van der Waals surface area contributed by atoms with E-state index in [-0.39, 0.29) is 17.3 Å². The lowest BCUT2D eigenvalue weighted by molar-refractivity contribution is -0.119. The minimum absolute atomic E-state index is 0.232. The van der Waals surface area contributed by atoms with Crippen molar-refractivity contribution in [2.75, 3.05) is 23.9 Å². The van der Waals surface area contributed by atoms with Gasteiger partial charge in [0, 0.05) is 18.5 Å². The largest absolute Gasteiger partial charge is 0.350 e. The third-order valence-corrected chi connectivity index (χ3v) is 8.21. The quantitative estimate of drug-likeness (QED) is 0.624. The Morgan fingerprint density at radius 1 is 0.875 bits per heavy atom. The lowest BCUT2D eigenvalue weighted by Gasteiger charge is -2.27. The Balaban J connectivity index is 1.29. The van der Waals surface area contributed by atoms with E-state index in [0.717, 1.165) is 30.6 Å². The van der Waals surface area contributed by atoms with E-state index in [2.05, 4.69) is 16.3 Å². The molecule has 166 valence electrons. The number of hydrogen-bond donors (Lipinski definition) is 1. The first kappa shape index (κ1) is 21.0. The van der Waals surface area contributed by atoms with Crippen molar-refractivity contribution in [3.8, 4) is 0 Å². The van der Waals surface area contributed by atoms with Gasteiger partial charge in [-0.25, -0.2) is 8.42 Å². The smallest absolute Gasteiger partial charge is 0.265 e. The maximum absolute atomic E-state index is 13.1. The van der Waals surface area contributed by atoms with Crippen LogP contribution in [0.4, 0.5) is 5.69 Å². The van der Waals surface area contributed by atoms with Gasteiger partial charge in [0.05, 0.1) is 10.6 Å². The molecule has 0 unspecified atom stereocenters. The Morgan fingerprint density at radius 3 is 2.38 bits per heavy atom. The van der Waals surface area contributed by atoms with Crippen LogP contribution < -0.4 is 9.62 Å². The number of nitrogens with zero attached hydrogens (tertiary/aromatic N) is 2. The van der Waals surface area contributed by atoms with Crippen molar-refractivity contribution < 1.29 is 13.2 Å². The van der Waals surface area contributed by atoms with Crippen LogP contribution in [-0.2, 0) is 27.9 Å². The molecule has 1 saturated heterocycles. The molecule has 0 bridgehead atoms. The number of likely N-dealkylation sites (tertiary alicyclic amines) is 1. The zero-order chi connectivity index (χ0) is 22.1. The fourth-order valence-corrected chi connectivity index (χ4v) is 6.42. The molecule has 3 aromatic carbocycles. The maximum Gasteiger partial charge on any atom is 0.265 e. The van der Waals surface area contributed by atoms with E-state index in [0.29, 0.717) is 17.6 Å². The third-order valence-electron chi connectivity index (χ3n) is 6.41. The van der Waals surface area contributed by atoms with Gasteiger partial charge >= 0.3 is 0 Å². The highest BCUT2D eigenvalue weighted by Crippen LogP contribution is 2.41. The molecule has 1 N–H and O–H groups in total. The van der Waals surface area contributed by atoms with E-state index in [9.17, 15) is 13.2 Å². The van der Waals surface area contributed by atoms with E-state index >= 15 is 0 Å². The number of amides is 1. The molecule has 7 heteroatoms. The van der Waals surface area contributed by atoms with Gasteiger partial charge in [-0.3, -0.25) is 14.0 Å². The standard InChI is InChI=1S/C25H27N3O3S/c29-24(26-16-20-8-2-3-9-21(20)17-27-14-4-1-5-15-27)18-28-22-12-6-10-19-11-7-13-23(25(19)22)32(28,30)31/h2-3,6-13H,1,4-5,14-18H2,(H,26,29). The molecule has 5 rings (SSSR count). The van der Waals surface area contributed by atoms with E-state index in [1.54, 1.807) is 18.2 Å². The SMILES string of the molecule is O=C(CN1c2cccc3cccc(c23)S1(=O)=O)NCc1ccccc1CN1CCCCC1. The first-order valence-electron chi connectivity index (χ1n) is 11.1. The Kier molecular flexibility index (Phi) is 5.61. The normalized spacial score (nSPS) is 17.6. The second kappa shape index (κ2) is 8.56. The molecule has 2 heterocycles. The molecule has 0 aromatic heterocycles. The number of carbonyl (C=O) groups excluding carboxylic acids is 1. The summed E-state index contributed by atoms with van der Waals surface area (Å²) in [7, 11) is -3.74. The summed E-state index contributed by atoms with van der Waals surface area (Å²) in [5, 5.41) is 4.49. The number of sulfonamides is 1. The highest BCUT2D eigenvalue weighted by Gasteiger charge is 2.36. The number of piperidine rings is 1. The highest BCUT2D eigenvalue weighted by molar-refractivity contribution is 7.93. The minimum Gasteiger partial charge on any atom is -0.350 e. The first-order chi connectivity index (χ1) is 15.5. The van der Waals surface area contributed by atoms with Crippen LogP contribution in [0.3, 0.4) is 0 Å². The molecule has 0 radical (unpaired) electrons. The zero-order valence-corrected chi connectivity index (χ0v) is 18.8.